The van der Waals surface area contributed by atoms with Crippen molar-refractivity contribution in [2.45, 2.75) is 20.8 Å². The fourth-order valence-corrected chi connectivity index (χ4v) is 2.02. The number of carbonyl (C=O) groups is 1. The van der Waals surface area contributed by atoms with E-state index < -0.39 is 0 Å². The fourth-order valence-electron chi connectivity index (χ4n) is 1.42. The van der Waals surface area contributed by atoms with E-state index in [1.807, 2.05) is 13.0 Å². The Morgan fingerprint density at radius 3 is 2.59 bits per heavy atom. The maximum Gasteiger partial charge on any atom is 0.339 e. The molecular formula is C13H17BrO3. The van der Waals surface area contributed by atoms with Crippen molar-refractivity contribution in [2.24, 2.45) is 5.92 Å². The lowest BCUT2D eigenvalue weighted by molar-refractivity contribution is 0.0598. The summed E-state index contributed by atoms with van der Waals surface area (Å²) < 4.78 is 11.1. The molecule has 0 N–H and O–H groups in total. The van der Waals surface area contributed by atoms with Gasteiger partial charge in [-0.1, -0.05) is 13.8 Å². The third-order valence-electron chi connectivity index (χ3n) is 2.33. The van der Waals surface area contributed by atoms with Crippen LogP contribution < -0.4 is 4.74 Å². The number of ether oxygens (including phenoxy) is 2. The molecule has 0 fully saturated rings. The monoisotopic (exact) mass is 300 g/mol. The summed E-state index contributed by atoms with van der Waals surface area (Å²) in [4.78, 5) is 11.6. The maximum absolute atomic E-state index is 11.6. The second-order valence-electron chi connectivity index (χ2n) is 4.24. The molecule has 0 saturated heterocycles. The minimum absolute atomic E-state index is 0.357. The number of hydrogen-bond acceptors (Lipinski definition) is 3. The smallest absolute Gasteiger partial charge is 0.339 e. The second kappa shape index (κ2) is 6.05. The zero-order valence-electron chi connectivity index (χ0n) is 10.5. The molecular weight excluding hydrogens is 284 g/mol. The largest absolute Gasteiger partial charge is 0.493 e. The van der Waals surface area contributed by atoms with Crippen LogP contribution in [0.1, 0.15) is 29.8 Å². The predicted molar refractivity (Wildman–Crippen MR) is 70.6 cm³/mol. The highest BCUT2D eigenvalue weighted by Gasteiger charge is 2.17. The van der Waals surface area contributed by atoms with Crippen molar-refractivity contribution in [1.29, 1.82) is 0 Å². The molecule has 0 saturated carbocycles. The fraction of sp³-hybridized carbons (Fsp3) is 0.462. The van der Waals surface area contributed by atoms with E-state index in [1.165, 1.54) is 7.11 Å². The van der Waals surface area contributed by atoms with Crippen molar-refractivity contribution in [2.75, 3.05) is 13.7 Å². The van der Waals surface area contributed by atoms with Gasteiger partial charge >= 0.3 is 5.97 Å². The highest BCUT2D eigenvalue weighted by Crippen LogP contribution is 2.29. The molecule has 0 bridgehead atoms. The Morgan fingerprint density at radius 2 is 2.06 bits per heavy atom. The molecule has 0 unspecified atom stereocenters. The first-order valence-electron chi connectivity index (χ1n) is 5.47. The second-order valence-corrected chi connectivity index (χ2v) is 5.10. The molecule has 0 amide bonds. The molecule has 0 radical (unpaired) electrons. The average Bonchev–Trinajstić information content (AvgIpc) is 2.27. The molecule has 4 heteroatoms. The lowest BCUT2D eigenvalue weighted by Gasteiger charge is -2.14. The number of methoxy groups -OCH3 is 1. The average molecular weight is 301 g/mol. The topological polar surface area (TPSA) is 35.5 Å². The summed E-state index contributed by atoms with van der Waals surface area (Å²) in [6, 6.07) is 3.66. The normalized spacial score (nSPS) is 10.5. The van der Waals surface area contributed by atoms with Gasteiger partial charge in [0, 0.05) is 10.0 Å². The third kappa shape index (κ3) is 3.46. The number of hydrogen-bond donors (Lipinski definition) is 0. The van der Waals surface area contributed by atoms with Crippen LogP contribution in [0.4, 0.5) is 0 Å². The van der Waals surface area contributed by atoms with E-state index in [-0.39, 0.29) is 5.97 Å². The molecule has 94 valence electrons. The van der Waals surface area contributed by atoms with Gasteiger partial charge in [-0.2, -0.15) is 0 Å². The summed E-state index contributed by atoms with van der Waals surface area (Å²) in [5.41, 5.74) is 1.32. The molecule has 17 heavy (non-hydrogen) atoms. The van der Waals surface area contributed by atoms with Crippen LogP contribution in [0.5, 0.6) is 5.75 Å². The van der Waals surface area contributed by atoms with Crippen molar-refractivity contribution in [3.63, 3.8) is 0 Å². The van der Waals surface area contributed by atoms with Gasteiger partial charge in [0.25, 0.3) is 0 Å². The van der Waals surface area contributed by atoms with Crippen LogP contribution in [0.2, 0.25) is 0 Å². The van der Waals surface area contributed by atoms with Gasteiger partial charge in [-0.3, -0.25) is 0 Å². The molecule has 0 aliphatic rings. The molecule has 0 atom stereocenters. The van der Waals surface area contributed by atoms with E-state index in [0.29, 0.717) is 18.1 Å². The Balaban J connectivity index is 3.06. The van der Waals surface area contributed by atoms with Crippen LogP contribution in [0.15, 0.2) is 16.6 Å². The first-order chi connectivity index (χ1) is 7.97. The Kier molecular flexibility index (Phi) is 5.00. The van der Waals surface area contributed by atoms with E-state index in [9.17, 15) is 4.79 Å². The van der Waals surface area contributed by atoms with Gasteiger partial charge < -0.3 is 9.47 Å². The van der Waals surface area contributed by atoms with Crippen molar-refractivity contribution in [3.8, 4) is 5.75 Å². The Labute approximate surface area is 110 Å². The molecule has 0 aromatic heterocycles. The molecule has 1 aromatic rings. The van der Waals surface area contributed by atoms with Crippen LogP contribution in [0.3, 0.4) is 0 Å². The number of benzene rings is 1. The number of rotatable bonds is 4. The minimum Gasteiger partial charge on any atom is -0.493 e. The van der Waals surface area contributed by atoms with Gasteiger partial charge in [0.2, 0.25) is 0 Å². The van der Waals surface area contributed by atoms with E-state index >= 15 is 0 Å². The highest BCUT2D eigenvalue weighted by atomic mass is 79.9. The van der Waals surface area contributed by atoms with E-state index in [4.69, 9.17) is 9.47 Å². The van der Waals surface area contributed by atoms with Crippen LogP contribution in [-0.4, -0.2) is 19.7 Å². The number of esters is 1. The van der Waals surface area contributed by atoms with E-state index in [0.717, 1.165) is 15.8 Å². The van der Waals surface area contributed by atoms with Crippen molar-refractivity contribution >= 4 is 21.9 Å². The van der Waals surface area contributed by atoms with Gasteiger partial charge in [-0.25, -0.2) is 4.79 Å². The zero-order valence-corrected chi connectivity index (χ0v) is 12.1. The van der Waals surface area contributed by atoms with Gasteiger partial charge in [0.05, 0.1) is 19.3 Å². The highest BCUT2D eigenvalue weighted by molar-refractivity contribution is 9.10. The molecule has 0 spiro atoms. The maximum atomic E-state index is 11.6. The van der Waals surface area contributed by atoms with Crippen molar-refractivity contribution in [1.82, 2.24) is 0 Å². The predicted octanol–water partition coefficient (Wildman–Crippen LogP) is 3.58. The Morgan fingerprint density at radius 1 is 1.41 bits per heavy atom. The molecule has 1 rings (SSSR count). The van der Waals surface area contributed by atoms with Crippen LogP contribution in [0.25, 0.3) is 0 Å². The summed E-state index contributed by atoms with van der Waals surface area (Å²) in [5.74, 6) is 0.811. The molecule has 0 heterocycles. The summed E-state index contributed by atoms with van der Waals surface area (Å²) in [5, 5.41) is 0. The van der Waals surface area contributed by atoms with E-state index in [2.05, 4.69) is 29.8 Å². The summed E-state index contributed by atoms with van der Waals surface area (Å²) in [6.45, 7) is 6.64. The summed E-state index contributed by atoms with van der Waals surface area (Å²) in [7, 11) is 1.37. The van der Waals surface area contributed by atoms with Gasteiger partial charge in [0.1, 0.15) is 5.75 Å². The number of carbonyl (C=O) groups excluding carboxylic acids is 1. The van der Waals surface area contributed by atoms with Gasteiger partial charge in [-0.15, -0.1) is 0 Å². The number of halogens is 1. The molecule has 0 aliphatic carbocycles. The first-order valence-corrected chi connectivity index (χ1v) is 6.26. The van der Waals surface area contributed by atoms with E-state index in [1.54, 1.807) is 6.07 Å². The standard InChI is InChI=1S/C13H17BrO3/c1-8(2)7-17-11-6-5-10(14)12(9(11)3)13(15)16-4/h5-6,8H,7H2,1-4H3. The molecule has 1 aromatic carbocycles. The summed E-state index contributed by atoms with van der Waals surface area (Å²) in [6.07, 6.45) is 0. The molecule has 3 nitrogen and oxygen atoms in total. The quantitative estimate of drug-likeness (QED) is 0.797. The third-order valence-corrected chi connectivity index (χ3v) is 2.99. The van der Waals surface area contributed by atoms with Crippen LogP contribution >= 0.6 is 15.9 Å². The SMILES string of the molecule is COC(=O)c1c(Br)ccc(OCC(C)C)c1C. The summed E-state index contributed by atoms with van der Waals surface area (Å²) >= 11 is 3.35. The lowest BCUT2D eigenvalue weighted by Crippen LogP contribution is -2.09. The van der Waals surface area contributed by atoms with Crippen molar-refractivity contribution in [3.05, 3.63) is 27.7 Å². The first kappa shape index (κ1) is 14.0. The van der Waals surface area contributed by atoms with Crippen LogP contribution in [0, 0.1) is 12.8 Å². The minimum atomic E-state index is -0.357. The van der Waals surface area contributed by atoms with Gasteiger partial charge in [-0.05, 0) is 40.9 Å². The van der Waals surface area contributed by atoms with Gasteiger partial charge in [0.15, 0.2) is 0 Å². The Bertz CT molecular complexity index is 413. The van der Waals surface area contributed by atoms with Crippen molar-refractivity contribution < 1.29 is 14.3 Å². The zero-order chi connectivity index (χ0) is 13.0. The lowest BCUT2D eigenvalue weighted by atomic mass is 10.1. The molecule has 0 aliphatic heterocycles. The van der Waals surface area contributed by atoms with Crippen LogP contribution in [-0.2, 0) is 4.74 Å². The Hall–Kier alpha value is -1.03.